The molecule has 0 aliphatic heterocycles. The summed E-state index contributed by atoms with van der Waals surface area (Å²) >= 11 is 0. The van der Waals surface area contributed by atoms with Crippen LogP contribution in [0.15, 0.2) is 12.3 Å². The van der Waals surface area contributed by atoms with Gasteiger partial charge >= 0.3 is 0 Å². The Labute approximate surface area is 91.5 Å². The Morgan fingerprint density at radius 2 is 2.20 bits per heavy atom. The highest BCUT2D eigenvalue weighted by molar-refractivity contribution is 5.46. The molecule has 0 saturated heterocycles. The van der Waals surface area contributed by atoms with Gasteiger partial charge in [0, 0.05) is 24.3 Å². The van der Waals surface area contributed by atoms with Crippen molar-refractivity contribution in [2.75, 3.05) is 33.4 Å². The fourth-order valence-corrected chi connectivity index (χ4v) is 1.74. The summed E-state index contributed by atoms with van der Waals surface area (Å²) in [5.74, 6) is 0.621. The summed E-state index contributed by atoms with van der Waals surface area (Å²) in [6.07, 6.45) is 1.75. The van der Waals surface area contributed by atoms with Crippen LogP contribution in [0.1, 0.15) is 17.2 Å². The molecule has 0 saturated carbocycles. The van der Waals surface area contributed by atoms with E-state index >= 15 is 0 Å². The number of nitrogens with one attached hydrogen (secondary N) is 1. The fraction of sp³-hybridized carbons (Fsp3) is 0.545. The average Bonchev–Trinajstić information content (AvgIpc) is 2.15. The average molecular weight is 208 g/mol. The van der Waals surface area contributed by atoms with E-state index in [9.17, 15) is 0 Å². The number of nitrogens with zero attached hydrogens (tertiary/aromatic N) is 2. The van der Waals surface area contributed by atoms with Gasteiger partial charge in [-0.15, -0.1) is 0 Å². The van der Waals surface area contributed by atoms with Crippen LogP contribution in [0.4, 0.5) is 5.82 Å². The third kappa shape index (κ3) is 2.91. The van der Waals surface area contributed by atoms with Crippen molar-refractivity contribution in [2.45, 2.75) is 13.0 Å². The molecule has 15 heavy (non-hydrogen) atoms. The fourth-order valence-electron chi connectivity index (χ4n) is 1.74. The number of aryl methyl sites for hydroxylation is 1. The maximum Gasteiger partial charge on any atom is 0.128 e. The lowest BCUT2D eigenvalue weighted by Gasteiger charge is -2.23. The second kappa shape index (κ2) is 5.09. The molecule has 1 aromatic heterocycles. The van der Waals surface area contributed by atoms with Crippen molar-refractivity contribution in [2.24, 2.45) is 0 Å². The number of nitrogen functional groups attached to an aromatic ring is 1. The largest absolute Gasteiger partial charge is 0.383 e. The molecule has 4 heteroatoms. The molecule has 0 bridgehead atoms. The lowest BCUT2D eigenvalue weighted by Crippen LogP contribution is -2.30. The standard InChI is InChI=1S/C11H20N4/c1-8-5-6-14-11(12)10(8)9(13-2)7-15(3)4/h5-6,9,13H,7H2,1-4H3,(H2,12,14). The van der Waals surface area contributed by atoms with Crippen molar-refractivity contribution in [1.29, 1.82) is 0 Å². The summed E-state index contributed by atoms with van der Waals surface area (Å²) < 4.78 is 0. The first-order chi connectivity index (χ1) is 7.06. The van der Waals surface area contributed by atoms with Crippen LogP contribution in [0, 0.1) is 6.92 Å². The molecule has 1 unspecified atom stereocenters. The topological polar surface area (TPSA) is 54.2 Å². The van der Waals surface area contributed by atoms with Gasteiger partial charge in [-0.3, -0.25) is 0 Å². The molecular weight excluding hydrogens is 188 g/mol. The Morgan fingerprint density at radius 1 is 1.53 bits per heavy atom. The predicted octanol–water partition coefficient (Wildman–Crippen LogP) is 0.794. The second-order valence-corrected chi connectivity index (χ2v) is 4.03. The van der Waals surface area contributed by atoms with E-state index in [4.69, 9.17) is 5.73 Å². The van der Waals surface area contributed by atoms with Crippen LogP contribution in [0.5, 0.6) is 0 Å². The minimum absolute atomic E-state index is 0.230. The lowest BCUT2D eigenvalue weighted by molar-refractivity contribution is 0.352. The van der Waals surface area contributed by atoms with Gasteiger partial charge in [-0.05, 0) is 39.7 Å². The summed E-state index contributed by atoms with van der Waals surface area (Å²) in [6, 6.07) is 2.22. The zero-order valence-corrected chi connectivity index (χ0v) is 9.91. The number of aromatic nitrogens is 1. The van der Waals surface area contributed by atoms with Crippen LogP contribution in [-0.2, 0) is 0 Å². The van der Waals surface area contributed by atoms with E-state index in [0.29, 0.717) is 5.82 Å². The molecule has 0 radical (unpaired) electrons. The van der Waals surface area contributed by atoms with Gasteiger partial charge < -0.3 is 16.0 Å². The van der Waals surface area contributed by atoms with E-state index in [1.54, 1.807) is 6.20 Å². The highest BCUT2D eigenvalue weighted by Crippen LogP contribution is 2.22. The summed E-state index contributed by atoms with van der Waals surface area (Å²) in [5, 5.41) is 3.27. The zero-order valence-electron chi connectivity index (χ0n) is 9.91. The van der Waals surface area contributed by atoms with Gasteiger partial charge in [0.1, 0.15) is 5.82 Å². The molecule has 1 heterocycles. The lowest BCUT2D eigenvalue weighted by atomic mass is 10.0. The van der Waals surface area contributed by atoms with Gasteiger partial charge in [0.15, 0.2) is 0 Å². The smallest absolute Gasteiger partial charge is 0.128 e. The predicted molar refractivity (Wildman–Crippen MR) is 63.7 cm³/mol. The van der Waals surface area contributed by atoms with E-state index in [2.05, 4.69) is 22.1 Å². The molecule has 0 aliphatic carbocycles. The summed E-state index contributed by atoms with van der Waals surface area (Å²) in [6.45, 7) is 2.97. The van der Waals surface area contributed by atoms with Crippen molar-refractivity contribution < 1.29 is 0 Å². The maximum atomic E-state index is 5.90. The van der Waals surface area contributed by atoms with Gasteiger partial charge in [0.05, 0.1) is 0 Å². The monoisotopic (exact) mass is 208 g/mol. The Morgan fingerprint density at radius 3 is 2.67 bits per heavy atom. The molecule has 0 spiro atoms. The van der Waals surface area contributed by atoms with E-state index in [1.165, 1.54) is 5.56 Å². The van der Waals surface area contributed by atoms with Crippen LogP contribution < -0.4 is 11.1 Å². The molecule has 1 rings (SSSR count). The van der Waals surface area contributed by atoms with Gasteiger partial charge in [-0.2, -0.15) is 0 Å². The van der Waals surface area contributed by atoms with Crippen molar-refractivity contribution in [3.63, 3.8) is 0 Å². The first-order valence-electron chi connectivity index (χ1n) is 5.09. The van der Waals surface area contributed by atoms with Crippen molar-refractivity contribution in [3.8, 4) is 0 Å². The molecular formula is C11H20N4. The minimum Gasteiger partial charge on any atom is -0.383 e. The number of hydrogen-bond donors (Lipinski definition) is 2. The van der Waals surface area contributed by atoms with Gasteiger partial charge in [-0.1, -0.05) is 0 Å². The Balaban J connectivity index is 3.00. The Kier molecular flexibility index (Phi) is 4.05. The third-order valence-corrected chi connectivity index (χ3v) is 2.48. The summed E-state index contributed by atoms with van der Waals surface area (Å²) in [7, 11) is 6.04. The van der Waals surface area contributed by atoms with Gasteiger partial charge in [0.2, 0.25) is 0 Å². The summed E-state index contributed by atoms with van der Waals surface area (Å²) in [4.78, 5) is 6.27. The van der Waals surface area contributed by atoms with Crippen LogP contribution in [0.3, 0.4) is 0 Å². The summed E-state index contributed by atoms with van der Waals surface area (Å²) in [5.41, 5.74) is 8.19. The van der Waals surface area contributed by atoms with Gasteiger partial charge in [0.25, 0.3) is 0 Å². The number of likely N-dealkylation sites (N-methyl/N-ethyl adjacent to an activating group) is 2. The SMILES string of the molecule is CNC(CN(C)C)c1c(C)ccnc1N. The molecule has 0 aliphatic rings. The van der Waals surface area contributed by atoms with Crippen molar-refractivity contribution >= 4 is 5.82 Å². The number of pyridine rings is 1. The number of hydrogen-bond acceptors (Lipinski definition) is 4. The number of nitrogens with two attached hydrogens (primary N) is 1. The van der Waals surface area contributed by atoms with Crippen LogP contribution in [0.2, 0.25) is 0 Å². The molecule has 1 aromatic rings. The normalized spacial score (nSPS) is 13.1. The molecule has 0 aromatic carbocycles. The molecule has 4 nitrogen and oxygen atoms in total. The van der Waals surface area contributed by atoms with Crippen LogP contribution in [-0.4, -0.2) is 37.6 Å². The second-order valence-electron chi connectivity index (χ2n) is 4.03. The Hall–Kier alpha value is -1.13. The van der Waals surface area contributed by atoms with Crippen molar-refractivity contribution in [1.82, 2.24) is 15.2 Å². The van der Waals surface area contributed by atoms with Crippen LogP contribution in [0.25, 0.3) is 0 Å². The number of rotatable bonds is 4. The highest BCUT2D eigenvalue weighted by atomic mass is 15.1. The van der Waals surface area contributed by atoms with Crippen LogP contribution >= 0.6 is 0 Å². The molecule has 0 fully saturated rings. The molecule has 3 N–H and O–H groups in total. The third-order valence-electron chi connectivity index (χ3n) is 2.48. The van der Waals surface area contributed by atoms with E-state index in [0.717, 1.165) is 12.1 Å². The highest BCUT2D eigenvalue weighted by Gasteiger charge is 2.16. The van der Waals surface area contributed by atoms with E-state index in [-0.39, 0.29) is 6.04 Å². The molecule has 0 amide bonds. The Bertz CT molecular complexity index is 302. The maximum absolute atomic E-state index is 5.90. The molecule has 1 atom stereocenters. The minimum atomic E-state index is 0.230. The number of anilines is 1. The first kappa shape index (κ1) is 11.9. The zero-order chi connectivity index (χ0) is 11.4. The molecule has 84 valence electrons. The van der Waals surface area contributed by atoms with E-state index in [1.807, 2.05) is 27.2 Å². The van der Waals surface area contributed by atoms with Crippen molar-refractivity contribution in [3.05, 3.63) is 23.4 Å². The van der Waals surface area contributed by atoms with E-state index < -0.39 is 0 Å². The van der Waals surface area contributed by atoms with Gasteiger partial charge in [-0.25, -0.2) is 4.98 Å². The first-order valence-corrected chi connectivity index (χ1v) is 5.09. The quantitative estimate of drug-likeness (QED) is 0.768.